The first-order valence-electron chi connectivity index (χ1n) is 9.18. The number of imidazole rings is 1. The van der Waals surface area contributed by atoms with Crippen LogP contribution in [0.5, 0.6) is 0 Å². The van der Waals surface area contributed by atoms with Gasteiger partial charge in [0.1, 0.15) is 16.5 Å². The molecule has 0 aromatic carbocycles. The number of piperidine rings is 1. The van der Waals surface area contributed by atoms with E-state index in [1.54, 1.807) is 11.3 Å². The van der Waals surface area contributed by atoms with Gasteiger partial charge in [0.2, 0.25) is 0 Å². The standard InChI is InChI=1S/C19H25N5OS/c1-12-13(2)26-19-17(12)18(25)21-15(22-19)11-24-7-4-14(5-8-24)10-16-20-6-9-23(16)3/h6,9,14H,4-5,7-8,10-11H2,1-3H3,(H,21,22,25). The normalized spacial score (nSPS) is 16.6. The molecule has 1 fully saturated rings. The predicted octanol–water partition coefficient (Wildman–Crippen LogP) is 2.79. The molecule has 0 spiro atoms. The van der Waals surface area contributed by atoms with E-state index in [2.05, 4.69) is 26.5 Å². The summed E-state index contributed by atoms with van der Waals surface area (Å²) in [6.07, 6.45) is 7.26. The third kappa shape index (κ3) is 3.33. The molecule has 138 valence electrons. The Kier molecular flexibility index (Phi) is 4.67. The molecule has 0 atom stereocenters. The number of H-pyrrole nitrogens is 1. The Bertz CT molecular complexity index is 978. The first kappa shape index (κ1) is 17.4. The summed E-state index contributed by atoms with van der Waals surface area (Å²) in [5.74, 6) is 2.64. The summed E-state index contributed by atoms with van der Waals surface area (Å²) in [5.41, 5.74) is 1.05. The summed E-state index contributed by atoms with van der Waals surface area (Å²) in [5, 5.41) is 0.755. The molecule has 0 unspecified atom stereocenters. The molecule has 6 nitrogen and oxygen atoms in total. The summed E-state index contributed by atoms with van der Waals surface area (Å²) < 4.78 is 2.11. The number of fused-ring (bicyclic) bond motifs is 1. The van der Waals surface area contributed by atoms with Crippen LogP contribution in [-0.4, -0.2) is 37.5 Å². The van der Waals surface area contributed by atoms with Crippen LogP contribution in [0.4, 0.5) is 0 Å². The van der Waals surface area contributed by atoms with E-state index in [0.717, 1.165) is 60.5 Å². The molecule has 0 aliphatic carbocycles. The van der Waals surface area contributed by atoms with Crippen molar-refractivity contribution < 1.29 is 0 Å². The van der Waals surface area contributed by atoms with Gasteiger partial charge in [-0.1, -0.05) is 0 Å². The van der Waals surface area contributed by atoms with E-state index in [4.69, 9.17) is 4.98 Å². The van der Waals surface area contributed by atoms with Gasteiger partial charge in [-0.2, -0.15) is 0 Å². The van der Waals surface area contributed by atoms with Crippen molar-refractivity contribution >= 4 is 21.6 Å². The van der Waals surface area contributed by atoms with Crippen molar-refractivity contribution in [3.05, 3.63) is 44.8 Å². The summed E-state index contributed by atoms with van der Waals surface area (Å²) in [7, 11) is 2.06. The van der Waals surface area contributed by atoms with Gasteiger partial charge >= 0.3 is 0 Å². The smallest absolute Gasteiger partial charge is 0.259 e. The average Bonchev–Trinajstić information content (AvgIpc) is 3.13. The van der Waals surface area contributed by atoms with Gasteiger partial charge in [0, 0.05) is 30.7 Å². The lowest BCUT2D eigenvalue weighted by molar-refractivity contribution is 0.172. The van der Waals surface area contributed by atoms with Crippen LogP contribution in [0.2, 0.25) is 0 Å². The molecule has 3 aromatic heterocycles. The number of aromatic nitrogens is 4. The van der Waals surface area contributed by atoms with Crippen LogP contribution in [0, 0.1) is 19.8 Å². The Labute approximate surface area is 156 Å². The first-order valence-corrected chi connectivity index (χ1v) is 10.0. The average molecular weight is 372 g/mol. The number of hydrogen-bond donors (Lipinski definition) is 1. The van der Waals surface area contributed by atoms with Gasteiger partial charge in [0.25, 0.3) is 5.56 Å². The Hall–Kier alpha value is -1.99. The maximum absolute atomic E-state index is 12.4. The molecular weight excluding hydrogens is 346 g/mol. The lowest BCUT2D eigenvalue weighted by atomic mass is 9.93. The second kappa shape index (κ2) is 6.96. The lowest BCUT2D eigenvalue weighted by Gasteiger charge is -2.31. The minimum absolute atomic E-state index is 0.00322. The molecule has 7 heteroatoms. The number of thiophene rings is 1. The molecular formula is C19H25N5OS. The highest BCUT2D eigenvalue weighted by Crippen LogP contribution is 2.26. The molecule has 1 N–H and O–H groups in total. The van der Waals surface area contributed by atoms with Gasteiger partial charge < -0.3 is 9.55 Å². The monoisotopic (exact) mass is 371 g/mol. The second-order valence-electron chi connectivity index (χ2n) is 7.35. The minimum Gasteiger partial charge on any atom is -0.338 e. The van der Waals surface area contributed by atoms with Gasteiger partial charge in [0.15, 0.2) is 0 Å². The zero-order chi connectivity index (χ0) is 18.3. The molecule has 3 aromatic rings. The molecule has 1 saturated heterocycles. The number of nitrogens with zero attached hydrogens (tertiary/aromatic N) is 4. The third-order valence-corrected chi connectivity index (χ3v) is 6.66. The van der Waals surface area contributed by atoms with Crippen LogP contribution in [-0.2, 0) is 20.0 Å². The van der Waals surface area contributed by atoms with E-state index < -0.39 is 0 Å². The number of aryl methyl sites for hydroxylation is 3. The van der Waals surface area contributed by atoms with Gasteiger partial charge in [0.05, 0.1) is 11.9 Å². The Morgan fingerprint density at radius 1 is 1.31 bits per heavy atom. The van der Waals surface area contributed by atoms with Crippen molar-refractivity contribution in [3.8, 4) is 0 Å². The zero-order valence-corrected chi connectivity index (χ0v) is 16.4. The summed E-state index contributed by atoms with van der Waals surface area (Å²) in [4.78, 5) is 29.0. The van der Waals surface area contributed by atoms with Crippen molar-refractivity contribution in [2.24, 2.45) is 13.0 Å². The fourth-order valence-corrected chi connectivity index (χ4v) is 4.83. The maximum Gasteiger partial charge on any atom is 0.259 e. The van der Waals surface area contributed by atoms with Crippen LogP contribution in [0.25, 0.3) is 10.2 Å². The van der Waals surface area contributed by atoms with Gasteiger partial charge in [-0.15, -0.1) is 11.3 Å². The Morgan fingerprint density at radius 2 is 2.08 bits per heavy atom. The van der Waals surface area contributed by atoms with Crippen LogP contribution in [0.3, 0.4) is 0 Å². The number of hydrogen-bond acceptors (Lipinski definition) is 5. The fourth-order valence-electron chi connectivity index (χ4n) is 3.79. The molecule has 4 rings (SSSR count). The molecule has 4 heterocycles. The molecule has 0 radical (unpaired) electrons. The zero-order valence-electron chi connectivity index (χ0n) is 15.6. The Morgan fingerprint density at radius 3 is 2.77 bits per heavy atom. The van der Waals surface area contributed by atoms with Crippen molar-refractivity contribution in [3.63, 3.8) is 0 Å². The van der Waals surface area contributed by atoms with E-state index in [9.17, 15) is 4.79 Å². The van der Waals surface area contributed by atoms with E-state index in [0.29, 0.717) is 5.92 Å². The lowest BCUT2D eigenvalue weighted by Crippen LogP contribution is -2.35. The quantitative estimate of drug-likeness (QED) is 0.766. The predicted molar refractivity (Wildman–Crippen MR) is 105 cm³/mol. The molecule has 26 heavy (non-hydrogen) atoms. The van der Waals surface area contributed by atoms with Gasteiger partial charge in [-0.05, 0) is 51.3 Å². The maximum atomic E-state index is 12.4. The molecule has 1 aliphatic rings. The van der Waals surface area contributed by atoms with Gasteiger partial charge in [-0.3, -0.25) is 9.69 Å². The van der Waals surface area contributed by atoms with Crippen LogP contribution in [0.15, 0.2) is 17.2 Å². The van der Waals surface area contributed by atoms with E-state index in [-0.39, 0.29) is 5.56 Å². The summed E-state index contributed by atoms with van der Waals surface area (Å²) >= 11 is 1.61. The molecule has 0 saturated carbocycles. The third-order valence-electron chi connectivity index (χ3n) is 5.56. The highest BCUT2D eigenvalue weighted by atomic mass is 32.1. The SMILES string of the molecule is Cc1sc2nc(CN3CCC(Cc4nccn4C)CC3)[nH]c(=O)c2c1C. The topological polar surface area (TPSA) is 66.8 Å². The summed E-state index contributed by atoms with van der Waals surface area (Å²) in [6.45, 7) is 6.85. The van der Waals surface area contributed by atoms with Crippen molar-refractivity contribution in [2.75, 3.05) is 13.1 Å². The van der Waals surface area contributed by atoms with Crippen molar-refractivity contribution in [1.82, 2.24) is 24.4 Å². The van der Waals surface area contributed by atoms with E-state index >= 15 is 0 Å². The molecule has 0 bridgehead atoms. The highest BCUT2D eigenvalue weighted by molar-refractivity contribution is 7.18. The van der Waals surface area contributed by atoms with E-state index in [1.807, 2.05) is 26.2 Å². The Balaban J connectivity index is 1.41. The minimum atomic E-state index is -0.00322. The largest absolute Gasteiger partial charge is 0.338 e. The number of rotatable bonds is 4. The molecule has 0 amide bonds. The van der Waals surface area contributed by atoms with E-state index in [1.165, 1.54) is 10.7 Å². The van der Waals surface area contributed by atoms with Gasteiger partial charge in [-0.25, -0.2) is 9.97 Å². The van der Waals surface area contributed by atoms with Crippen molar-refractivity contribution in [1.29, 1.82) is 0 Å². The van der Waals surface area contributed by atoms with Crippen molar-refractivity contribution in [2.45, 2.75) is 39.7 Å². The molecule has 1 aliphatic heterocycles. The van der Waals surface area contributed by atoms with Crippen LogP contribution in [0.1, 0.15) is 34.9 Å². The number of nitrogens with one attached hydrogen (secondary N) is 1. The summed E-state index contributed by atoms with van der Waals surface area (Å²) in [6, 6.07) is 0. The number of aromatic amines is 1. The first-order chi connectivity index (χ1) is 12.5. The fraction of sp³-hybridized carbons (Fsp3) is 0.526. The van der Waals surface area contributed by atoms with Crippen LogP contribution >= 0.6 is 11.3 Å². The second-order valence-corrected chi connectivity index (χ2v) is 8.56. The highest BCUT2D eigenvalue weighted by Gasteiger charge is 2.22. The number of likely N-dealkylation sites (tertiary alicyclic amines) is 1. The van der Waals surface area contributed by atoms with Crippen LogP contribution < -0.4 is 5.56 Å².